The second-order valence-electron chi connectivity index (χ2n) is 3.87. The molecule has 0 saturated carbocycles. The molecule has 0 spiro atoms. The Morgan fingerprint density at radius 1 is 1.37 bits per heavy atom. The summed E-state index contributed by atoms with van der Waals surface area (Å²) in [7, 11) is 0. The van der Waals surface area contributed by atoms with Gasteiger partial charge in [0.05, 0.1) is 0 Å². The summed E-state index contributed by atoms with van der Waals surface area (Å²) in [5.41, 5.74) is 1.06. The third-order valence-corrected chi connectivity index (χ3v) is 2.47. The van der Waals surface area contributed by atoms with Crippen molar-refractivity contribution in [2.24, 2.45) is 0 Å². The number of nitrogens with one attached hydrogen (secondary N) is 2. The molecule has 1 aromatic rings. The minimum absolute atomic E-state index is 0. The Bertz CT molecular complexity index is 430. The van der Waals surface area contributed by atoms with E-state index < -0.39 is 0 Å². The Balaban J connectivity index is -0.000000621. The normalized spacial score (nSPS) is 17.5. The van der Waals surface area contributed by atoms with E-state index in [1.165, 1.54) is 0 Å². The van der Waals surface area contributed by atoms with Gasteiger partial charge in [-0.15, -0.1) is 0 Å². The number of hydrogen-bond acceptors (Lipinski definition) is 4. The van der Waals surface area contributed by atoms with Gasteiger partial charge in [0, 0.05) is 48.2 Å². The number of imide groups is 1. The van der Waals surface area contributed by atoms with Crippen LogP contribution in [0.2, 0.25) is 0 Å². The molecule has 19 heavy (non-hydrogen) atoms. The predicted octanol–water partition coefficient (Wildman–Crippen LogP) is 2.12. The third kappa shape index (κ3) is 5.79. The summed E-state index contributed by atoms with van der Waals surface area (Å²) in [5.74, 6) is 0.165. The van der Waals surface area contributed by atoms with Gasteiger partial charge in [0.2, 0.25) is 11.8 Å². The van der Waals surface area contributed by atoms with E-state index in [4.69, 9.17) is 0 Å². The molecule has 2 rings (SSSR count). The Kier molecular flexibility index (Phi) is 8.77. The Labute approximate surface area is 141 Å². The van der Waals surface area contributed by atoms with Crippen LogP contribution in [-0.4, -0.2) is 22.8 Å². The van der Waals surface area contributed by atoms with Gasteiger partial charge in [0.25, 0.3) is 0 Å². The molecule has 1 atom stereocenters. The van der Waals surface area contributed by atoms with E-state index in [0.29, 0.717) is 18.7 Å². The molecule has 105 valence electrons. The van der Waals surface area contributed by atoms with Crippen molar-refractivity contribution in [1.29, 1.82) is 0 Å². The first-order chi connectivity index (χ1) is 8.65. The number of anilines is 1. The van der Waals surface area contributed by atoms with Crippen molar-refractivity contribution < 1.29 is 45.2 Å². The van der Waals surface area contributed by atoms with Gasteiger partial charge in [0.1, 0.15) is 11.9 Å². The first-order valence-electron chi connectivity index (χ1n) is 6.18. The second-order valence-corrected chi connectivity index (χ2v) is 3.87. The molecule has 1 unspecified atom stereocenters. The van der Waals surface area contributed by atoms with Gasteiger partial charge < -0.3 is 5.32 Å². The summed E-state index contributed by atoms with van der Waals surface area (Å²) in [5, 5.41) is 5.30. The maximum Gasteiger partial charge on any atom is 0.249 e. The summed E-state index contributed by atoms with van der Waals surface area (Å²) in [6.07, 6.45) is 2.61. The number of amides is 2. The van der Waals surface area contributed by atoms with Crippen LogP contribution in [0, 0.1) is 6.92 Å². The summed E-state index contributed by atoms with van der Waals surface area (Å²) in [6, 6.07) is 3.37. The van der Waals surface area contributed by atoms with Crippen molar-refractivity contribution in [3.05, 3.63) is 23.9 Å². The van der Waals surface area contributed by atoms with Crippen molar-refractivity contribution >= 4 is 17.6 Å². The quantitative estimate of drug-likeness (QED) is 0.808. The minimum Gasteiger partial charge on any atom is -0.358 e. The van der Waals surface area contributed by atoms with Crippen LogP contribution in [0.25, 0.3) is 0 Å². The molecule has 2 heterocycles. The van der Waals surface area contributed by atoms with E-state index >= 15 is 0 Å². The molecule has 6 heteroatoms. The molecule has 1 aliphatic heterocycles. The molecule has 1 fully saturated rings. The van der Waals surface area contributed by atoms with Crippen LogP contribution in [0.3, 0.4) is 0 Å². The van der Waals surface area contributed by atoms with E-state index in [-0.39, 0.29) is 53.4 Å². The van der Waals surface area contributed by atoms with E-state index in [2.05, 4.69) is 15.6 Å². The van der Waals surface area contributed by atoms with Crippen LogP contribution in [0.15, 0.2) is 18.3 Å². The van der Waals surface area contributed by atoms with Gasteiger partial charge in [-0.2, -0.15) is 0 Å². The molecule has 0 aliphatic carbocycles. The molecule has 0 aromatic carbocycles. The number of hydrogen-bond donors (Lipinski definition) is 2. The Morgan fingerprint density at radius 2 is 2.05 bits per heavy atom. The molecule has 2 N–H and O–H groups in total. The zero-order valence-electron chi connectivity index (χ0n) is 11.6. The first-order valence-corrected chi connectivity index (χ1v) is 6.18. The van der Waals surface area contributed by atoms with Crippen molar-refractivity contribution in [2.45, 2.75) is 39.7 Å². The molecular weight excluding hydrogens is 319 g/mol. The molecule has 1 saturated heterocycles. The van der Waals surface area contributed by atoms with Crippen LogP contribution in [-0.2, 0) is 42.3 Å². The number of nitrogens with zero attached hydrogens (tertiary/aromatic N) is 1. The number of carbonyl (C=O) groups is 2. The third-order valence-electron chi connectivity index (χ3n) is 2.47. The van der Waals surface area contributed by atoms with Crippen LogP contribution < -0.4 is 10.6 Å². The molecular formula is C13H23N3O2Y. The number of piperidine rings is 1. The van der Waals surface area contributed by atoms with Crippen molar-refractivity contribution in [3.8, 4) is 0 Å². The second kappa shape index (κ2) is 9.15. The fraction of sp³-hybridized carbons (Fsp3) is 0.462. The smallest absolute Gasteiger partial charge is 0.249 e. The molecule has 0 bridgehead atoms. The summed E-state index contributed by atoms with van der Waals surface area (Å²) in [6.45, 7) is 5.95. The van der Waals surface area contributed by atoms with Crippen molar-refractivity contribution in [1.82, 2.24) is 10.3 Å². The van der Waals surface area contributed by atoms with Crippen LogP contribution in [0.5, 0.6) is 0 Å². The number of rotatable bonds is 2. The van der Waals surface area contributed by atoms with Gasteiger partial charge >= 0.3 is 0 Å². The maximum atomic E-state index is 11.5. The Hall–Kier alpha value is -0.806. The van der Waals surface area contributed by atoms with E-state index in [1.807, 2.05) is 32.9 Å². The fourth-order valence-electron chi connectivity index (χ4n) is 1.56. The molecule has 1 aromatic heterocycles. The largest absolute Gasteiger partial charge is 0.358 e. The predicted molar refractivity (Wildman–Crippen MR) is 74.3 cm³/mol. The molecule has 2 amide bonds. The number of pyridine rings is 1. The SMILES string of the molecule is CC.Cc1ccc(NC2CCC(=O)NC2=O)nc1.[HH].[HH].[Y]. The summed E-state index contributed by atoms with van der Waals surface area (Å²) >= 11 is 0. The minimum atomic E-state index is -0.368. The van der Waals surface area contributed by atoms with Crippen LogP contribution >= 0.6 is 0 Å². The van der Waals surface area contributed by atoms with Crippen LogP contribution in [0.1, 0.15) is 35.1 Å². The number of aryl methyl sites for hydroxylation is 1. The molecule has 1 radical (unpaired) electrons. The van der Waals surface area contributed by atoms with Crippen molar-refractivity contribution in [3.63, 3.8) is 0 Å². The van der Waals surface area contributed by atoms with Gasteiger partial charge in [-0.25, -0.2) is 4.98 Å². The van der Waals surface area contributed by atoms with Gasteiger partial charge in [-0.3, -0.25) is 14.9 Å². The van der Waals surface area contributed by atoms with Gasteiger partial charge in [0.15, 0.2) is 0 Å². The molecule has 1 aliphatic rings. The zero-order valence-corrected chi connectivity index (χ0v) is 14.4. The van der Waals surface area contributed by atoms with Crippen LogP contribution in [0.4, 0.5) is 5.82 Å². The summed E-state index contributed by atoms with van der Waals surface area (Å²) in [4.78, 5) is 26.5. The average Bonchev–Trinajstić information content (AvgIpc) is 2.38. The average molecular weight is 342 g/mol. The zero-order chi connectivity index (χ0) is 13.5. The van der Waals surface area contributed by atoms with Gasteiger partial charge in [-0.1, -0.05) is 19.9 Å². The van der Waals surface area contributed by atoms with E-state index in [0.717, 1.165) is 5.56 Å². The fourth-order valence-corrected chi connectivity index (χ4v) is 1.56. The van der Waals surface area contributed by atoms with E-state index in [9.17, 15) is 9.59 Å². The van der Waals surface area contributed by atoms with E-state index in [1.54, 1.807) is 6.20 Å². The number of aromatic nitrogens is 1. The number of carbonyl (C=O) groups excluding carboxylic acids is 2. The first kappa shape index (κ1) is 18.2. The summed E-state index contributed by atoms with van der Waals surface area (Å²) < 4.78 is 0. The standard InChI is InChI=1S/C11H13N3O2.C2H6.Y.2H2/c1-7-2-4-9(12-6-7)13-8-3-5-10(15)14-11(8)16;1-2;;;/h2,4,6,8H,3,5H2,1H3,(H,12,13)(H,14,15,16);1-2H3;;2*1H. The topological polar surface area (TPSA) is 71.1 Å². The molecule has 5 nitrogen and oxygen atoms in total. The monoisotopic (exact) mass is 342 g/mol. The van der Waals surface area contributed by atoms with Crippen molar-refractivity contribution in [2.75, 3.05) is 5.32 Å². The Morgan fingerprint density at radius 3 is 2.58 bits per heavy atom. The maximum absolute atomic E-state index is 11.5. The van der Waals surface area contributed by atoms with Gasteiger partial charge in [-0.05, 0) is 25.0 Å².